The number of H-pyrrole nitrogens is 1. The van der Waals surface area contributed by atoms with Gasteiger partial charge in [-0.05, 0) is 29.8 Å². The number of rotatable bonds is 3. The molecule has 3 aromatic rings. The van der Waals surface area contributed by atoms with Gasteiger partial charge in [0.25, 0.3) is 5.91 Å². The Bertz CT molecular complexity index is 1090. The highest BCUT2D eigenvalue weighted by Gasteiger charge is 2.55. The zero-order valence-electron chi connectivity index (χ0n) is 16.8. The standard InChI is InChI=1S/C24H25FN4O/c25-19-6-7-20-16(10-19)11-21(26-20)23(30)27-22-17-12-28-8-9-29(13-17)15-24(22,14-28)18-4-2-1-3-5-18/h1-7,10-11,17,22,26H,8-9,12-15H2,(H,27,30)/t17?,22-,24?/m0/s1. The topological polar surface area (TPSA) is 51.4 Å². The van der Waals surface area contributed by atoms with Crippen molar-refractivity contribution in [2.45, 2.75) is 11.5 Å². The van der Waals surface area contributed by atoms with Crippen LogP contribution in [0, 0.1) is 11.7 Å². The molecule has 1 aromatic heterocycles. The number of halogens is 1. The minimum atomic E-state index is -0.295. The van der Waals surface area contributed by atoms with Crippen LogP contribution < -0.4 is 5.32 Å². The maximum Gasteiger partial charge on any atom is 0.267 e. The molecule has 1 amide bonds. The van der Waals surface area contributed by atoms with Crippen molar-refractivity contribution in [3.8, 4) is 0 Å². The lowest BCUT2D eigenvalue weighted by Gasteiger charge is -2.55. The van der Waals surface area contributed by atoms with E-state index in [0.29, 0.717) is 11.6 Å². The van der Waals surface area contributed by atoms with Crippen LogP contribution in [0.1, 0.15) is 16.1 Å². The van der Waals surface area contributed by atoms with Crippen molar-refractivity contribution in [2.75, 3.05) is 39.3 Å². The van der Waals surface area contributed by atoms with Gasteiger partial charge in [0.1, 0.15) is 11.5 Å². The normalized spacial score (nSPS) is 32.3. The van der Waals surface area contributed by atoms with Gasteiger partial charge in [-0.25, -0.2) is 4.39 Å². The zero-order chi connectivity index (χ0) is 20.3. The fourth-order valence-corrected chi connectivity index (χ4v) is 6.01. The molecule has 2 N–H and O–H groups in total. The summed E-state index contributed by atoms with van der Waals surface area (Å²) in [5, 5.41) is 4.12. The Morgan fingerprint density at radius 2 is 1.77 bits per heavy atom. The number of nitrogens with zero attached hydrogens (tertiary/aromatic N) is 2. The molecule has 154 valence electrons. The molecule has 0 radical (unpaired) electrons. The molecule has 3 atom stereocenters. The minimum absolute atomic E-state index is 0.0705. The first-order chi connectivity index (χ1) is 14.6. The van der Waals surface area contributed by atoms with Crippen LogP contribution in [0.15, 0.2) is 54.6 Å². The highest BCUT2D eigenvalue weighted by Crippen LogP contribution is 2.43. The summed E-state index contributed by atoms with van der Waals surface area (Å²) in [6.07, 6.45) is 0. The molecule has 0 saturated carbocycles. The molecule has 6 heteroatoms. The molecule has 30 heavy (non-hydrogen) atoms. The third-order valence-corrected chi connectivity index (χ3v) is 7.26. The van der Waals surface area contributed by atoms with E-state index < -0.39 is 0 Å². The van der Waals surface area contributed by atoms with Crippen LogP contribution in [0.3, 0.4) is 0 Å². The molecule has 7 rings (SSSR count). The highest BCUT2D eigenvalue weighted by molar-refractivity contribution is 5.98. The van der Waals surface area contributed by atoms with E-state index in [-0.39, 0.29) is 23.2 Å². The first-order valence-corrected chi connectivity index (χ1v) is 10.7. The molecular weight excluding hydrogens is 379 g/mol. The molecule has 0 aliphatic carbocycles. The van der Waals surface area contributed by atoms with Crippen LogP contribution in [0.25, 0.3) is 10.9 Å². The molecule has 4 fully saturated rings. The lowest BCUT2D eigenvalue weighted by Crippen LogP contribution is -2.70. The fraction of sp³-hybridized carbons (Fsp3) is 0.375. The second-order valence-electron chi connectivity index (χ2n) is 9.12. The Hall–Kier alpha value is -2.70. The molecule has 5 nitrogen and oxygen atoms in total. The van der Waals surface area contributed by atoms with E-state index in [4.69, 9.17) is 0 Å². The van der Waals surface area contributed by atoms with Gasteiger partial charge in [0.2, 0.25) is 0 Å². The second-order valence-corrected chi connectivity index (χ2v) is 9.12. The van der Waals surface area contributed by atoms with E-state index in [1.54, 1.807) is 12.1 Å². The number of hydrogen-bond acceptors (Lipinski definition) is 3. The zero-order valence-corrected chi connectivity index (χ0v) is 16.8. The molecule has 4 saturated heterocycles. The summed E-state index contributed by atoms with van der Waals surface area (Å²) in [7, 11) is 0. The predicted molar refractivity (Wildman–Crippen MR) is 114 cm³/mol. The summed E-state index contributed by atoms with van der Waals surface area (Å²) in [6.45, 7) is 6.17. The predicted octanol–water partition coefficient (Wildman–Crippen LogP) is 2.60. The third-order valence-electron chi connectivity index (χ3n) is 7.26. The van der Waals surface area contributed by atoms with E-state index in [1.165, 1.54) is 17.7 Å². The Labute approximate surface area is 174 Å². The van der Waals surface area contributed by atoms with Crippen LogP contribution in [-0.2, 0) is 5.41 Å². The van der Waals surface area contributed by atoms with Crippen LogP contribution >= 0.6 is 0 Å². The van der Waals surface area contributed by atoms with Gasteiger partial charge in [-0.2, -0.15) is 0 Å². The summed E-state index contributed by atoms with van der Waals surface area (Å²) >= 11 is 0. The third kappa shape index (κ3) is 2.78. The molecule has 4 aliphatic heterocycles. The fourth-order valence-electron chi connectivity index (χ4n) is 6.01. The summed E-state index contributed by atoms with van der Waals surface area (Å²) in [6, 6.07) is 17.0. The molecule has 2 unspecified atom stereocenters. The lowest BCUT2D eigenvalue weighted by atomic mass is 9.64. The molecule has 2 aromatic carbocycles. The Morgan fingerprint density at radius 1 is 1.03 bits per heavy atom. The number of hydrogen-bond donors (Lipinski definition) is 2. The van der Waals surface area contributed by atoms with Gasteiger partial charge >= 0.3 is 0 Å². The van der Waals surface area contributed by atoms with Crippen LogP contribution in [0.4, 0.5) is 4.39 Å². The van der Waals surface area contributed by atoms with E-state index in [9.17, 15) is 9.18 Å². The number of aromatic amines is 1. The van der Waals surface area contributed by atoms with Crippen LogP contribution in [0.5, 0.6) is 0 Å². The average Bonchev–Trinajstić information content (AvgIpc) is 3.01. The number of benzene rings is 2. The van der Waals surface area contributed by atoms with Gasteiger partial charge < -0.3 is 20.1 Å². The summed E-state index contributed by atoms with van der Waals surface area (Å²) in [4.78, 5) is 21.6. The van der Waals surface area contributed by atoms with Gasteiger partial charge in [-0.15, -0.1) is 0 Å². The number of carbonyl (C=O) groups excluding carboxylic acids is 1. The van der Waals surface area contributed by atoms with Crippen molar-refractivity contribution in [1.82, 2.24) is 20.1 Å². The van der Waals surface area contributed by atoms with Crippen LogP contribution in [-0.4, -0.2) is 66.0 Å². The largest absolute Gasteiger partial charge is 0.351 e. The molecule has 0 spiro atoms. The number of carbonyl (C=O) groups is 1. The van der Waals surface area contributed by atoms with Gasteiger partial charge in [0.15, 0.2) is 0 Å². The summed E-state index contributed by atoms with van der Waals surface area (Å²) in [5.41, 5.74) is 2.45. The average molecular weight is 404 g/mol. The maximum absolute atomic E-state index is 13.6. The number of fused-ring (bicyclic) bond motifs is 2. The van der Waals surface area contributed by atoms with Gasteiger partial charge in [0, 0.05) is 67.5 Å². The van der Waals surface area contributed by atoms with Crippen molar-refractivity contribution in [2.24, 2.45) is 5.92 Å². The molecule has 4 aliphatic rings. The van der Waals surface area contributed by atoms with Gasteiger partial charge in [0.05, 0.1) is 0 Å². The van der Waals surface area contributed by atoms with E-state index in [2.05, 4.69) is 50.4 Å². The maximum atomic E-state index is 13.6. The Kier molecular flexibility index (Phi) is 4.01. The lowest BCUT2D eigenvalue weighted by molar-refractivity contribution is 0.0179. The SMILES string of the molecule is O=C(N[C@H]1C2CN3CCN(C2)CC1(c1ccccc1)C3)c1cc2cc(F)ccc2[nH]1. The van der Waals surface area contributed by atoms with Crippen molar-refractivity contribution in [3.63, 3.8) is 0 Å². The van der Waals surface area contributed by atoms with Crippen LogP contribution in [0.2, 0.25) is 0 Å². The Morgan fingerprint density at radius 3 is 2.50 bits per heavy atom. The van der Waals surface area contributed by atoms with Crippen molar-refractivity contribution in [1.29, 1.82) is 0 Å². The highest BCUT2D eigenvalue weighted by atomic mass is 19.1. The Balaban J connectivity index is 1.37. The number of amides is 1. The summed E-state index contributed by atoms with van der Waals surface area (Å²) in [5.74, 6) is -0.0130. The minimum Gasteiger partial charge on any atom is -0.351 e. The quantitative estimate of drug-likeness (QED) is 0.706. The number of piperidine rings is 2. The van der Waals surface area contributed by atoms with Gasteiger partial charge in [-0.1, -0.05) is 30.3 Å². The van der Waals surface area contributed by atoms with Crippen molar-refractivity contribution in [3.05, 3.63) is 71.7 Å². The first kappa shape index (κ1) is 18.1. The molecule has 5 heterocycles. The first-order valence-electron chi connectivity index (χ1n) is 10.7. The van der Waals surface area contributed by atoms with Gasteiger partial charge in [-0.3, -0.25) is 4.79 Å². The van der Waals surface area contributed by atoms with Crippen molar-refractivity contribution < 1.29 is 9.18 Å². The number of aromatic nitrogens is 1. The molecule has 4 bridgehead atoms. The van der Waals surface area contributed by atoms with E-state index in [1.807, 2.05) is 0 Å². The smallest absolute Gasteiger partial charge is 0.267 e. The monoisotopic (exact) mass is 404 g/mol. The summed E-state index contributed by atoms with van der Waals surface area (Å²) < 4.78 is 13.6. The molecular formula is C24H25FN4O. The number of nitrogens with one attached hydrogen (secondary N) is 2. The second kappa shape index (κ2) is 6.65. The van der Waals surface area contributed by atoms with Crippen molar-refractivity contribution >= 4 is 16.8 Å². The van der Waals surface area contributed by atoms with E-state index in [0.717, 1.165) is 50.2 Å². The van der Waals surface area contributed by atoms with E-state index >= 15 is 0 Å².